The number of carbonyl (C=O) groups excluding carboxylic acids is 2. The van der Waals surface area contributed by atoms with Gasteiger partial charge in [-0.05, 0) is 71.2 Å². The smallest absolute Gasteiger partial charge is 0.261 e. The molecule has 1 N–H and O–H groups in total. The Kier molecular flexibility index (Phi) is 7.85. The Bertz CT molecular complexity index is 1100. The lowest BCUT2D eigenvalue weighted by molar-refractivity contribution is -0.142. The summed E-state index contributed by atoms with van der Waals surface area (Å²) >= 11 is 3.56. The van der Waals surface area contributed by atoms with Crippen LogP contribution in [0.25, 0.3) is 10.8 Å². The second-order valence-corrected chi connectivity index (χ2v) is 8.67. The normalized spacial score (nSPS) is 11.9. The number of rotatable bonds is 8. The number of nitrogens with zero attached hydrogens (tertiary/aromatic N) is 1. The van der Waals surface area contributed by atoms with Crippen LogP contribution in [-0.4, -0.2) is 35.4 Å². The van der Waals surface area contributed by atoms with Crippen LogP contribution in [0.5, 0.6) is 5.75 Å². The van der Waals surface area contributed by atoms with E-state index in [1.54, 1.807) is 25.1 Å². The first-order valence-corrected chi connectivity index (χ1v) is 11.2. The zero-order valence-corrected chi connectivity index (χ0v) is 19.9. The highest BCUT2D eigenvalue weighted by Gasteiger charge is 2.27. The van der Waals surface area contributed by atoms with Crippen molar-refractivity contribution in [1.82, 2.24) is 10.2 Å². The van der Waals surface area contributed by atoms with Gasteiger partial charge in [-0.3, -0.25) is 9.59 Å². The van der Waals surface area contributed by atoms with Gasteiger partial charge < -0.3 is 15.0 Å². The zero-order chi connectivity index (χ0) is 23.3. The molecule has 0 radical (unpaired) electrons. The van der Waals surface area contributed by atoms with Crippen LogP contribution in [0.3, 0.4) is 0 Å². The lowest BCUT2D eigenvalue weighted by Crippen LogP contribution is -2.50. The van der Waals surface area contributed by atoms with E-state index in [9.17, 15) is 14.0 Å². The van der Waals surface area contributed by atoms with Gasteiger partial charge in [0.2, 0.25) is 5.91 Å². The molecular formula is C25H26BrFN2O3. The van der Waals surface area contributed by atoms with E-state index in [-0.39, 0.29) is 36.8 Å². The fraction of sp³-hybridized carbons (Fsp3) is 0.280. The Balaban J connectivity index is 1.78. The molecule has 0 aliphatic rings. The summed E-state index contributed by atoms with van der Waals surface area (Å²) in [6.45, 7) is 5.31. The van der Waals surface area contributed by atoms with E-state index >= 15 is 0 Å². The summed E-state index contributed by atoms with van der Waals surface area (Å²) in [5, 5.41) is 4.86. The highest BCUT2D eigenvalue weighted by molar-refractivity contribution is 9.10. The summed E-state index contributed by atoms with van der Waals surface area (Å²) in [6, 6.07) is 16.7. The third kappa shape index (κ3) is 5.85. The third-order valence-electron chi connectivity index (χ3n) is 5.04. The monoisotopic (exact) mass is 500 g/mol. The van der Waals surface area contributed by atoms with Crippen molar-refractivity contribution >= 4 is 38.5 Å². The molecule has 0 bridgehead atoms. The maximum atomic E-state index is 13.3. The first-order valence-electron chi connectivity index (χ1n) is 10.4. The Labute approximate surface area is 195 Å². The molecule has 2 amide bonds. The van der Waals surface area contributed by atoms with E-state index in [0.29, 0.717) is 5.75 Å². The fourth-order valence-corrected chi connectivity index (χ4v) is 3.93. The van der Waals surface area contributed by atoms with Crippen molar-refractivity contribution < 1.29 is 18.7 Å². The van der Waals surface area contributed by atoms with Crippen molar-refractivity contribution in [2.24, 2.45) is 0 Å². The Morgan fingerprint density at radius 3 is 2.41 bits per heavy atom. The predicted molar refractivity (Wildman–Crippen MR) is 127 cm³/mol. The zero-order valence-electron chi connectivity index (χ0n) is 18.3. The van der Waals surface area contributed by atoms with Gasteiger partial charge >= 0.3 is 0 Å². The van der Waals surface area contributed by atoms with Crippen molar-refractivity contribution in [3.8, 4) is 5.75 Å². The van der Waals surface area contributed by atoms with Crippen molar-refractivity contribution in [2.75, 3.05) is 6.61 Å². The third-order valence-corrected chi connectivity index (χ3v) is 5.86. The van der Waals surface area contributed by atoms with Gasteiger partial charge in [-0.25, -0.2) is 4.39 Å². The minimum Gasteiger partial charge on any atom is -0.483 e. The minimum atomic E-state index is -0.724. The SMILES string of the molecule is CC(C)NC(=O)[C@@H](C)N(Cc1ccc(F)cc1)C(=O)COc1ccc2ccccc2c1Br. The van der Waals surface area contributed by atoms with E-state index in [1.807, 2.05) is 44.2 Å². The molecule has 0 aliphatic heterocycles. The van der Waals surface area contributed by atoms with Crippen molar-refractivity contribution in [2.45, 2.75) is 39.4 Å². The molecule has 3 rings (SSSR count). The van der Waals surface area contributed by atoms with Gasteiger partial charge in [0.1, 0.15) is 17.6 Å². The number of hydrogen-bond acceptors (Lipinski definition) is 3. The molecule has 3 aromatic carbocycles. The number of hydrogen-bond donors (Lipinski definition) is 1. The van der Waals surface area contributed by atoms with Crippen LogP contribution in [0.15, 0.2) is 65.1 Å². The highest BCUT2D eigenvalue weighted by atomic mass is 79.9. The second kappa shape index (κ2) is 10.6. The predicted octanol–water partition coefficient (Wildman–Crippen LogP) is 5.06. The molecule has 0 unspecified atom stereocenters. The Morgan fingerprint density at radius 1 is 1.03 bits per heavy atom. The van der Waals surface area contributed by atoms with Crippen molar-refractivity contribution in [3.63, 3.8) is 0 Å². The largest absolute Gasteiger partial charge is 0.483 e. The number of benzene rings is 3. The first kappa shape index (κ1) is 23.7. The van der Waals surface area contributed by atoms with Gasteiger partial charge in [-0.15, -0.1) is 0 Å². The van der Waals surface area contributed by atoms with Gasteiger partial charge in [-0.2, -0.15) is 0 Å². The minimum absolute atomic E-state index is 0.0578. The van der Waals surface area contributed by atoms with E-state index in [2.05, 4.69) is 21.2 Å². The van der Waals surface area contributed by atoms with E-state index in [1.165, 1.54) is 17.0 Å². The molecule has 3 aromatic rings. The van der Waals surface area contributed by atoms with Crippen LogP contribution >= 0.6 is 15.9 Å². The van der Waals surface area contributed by atoms with Crippen molar-refractivity contribution in [1.29, 1.82) is 0 Å². The molecule has 0 saturated carbocycles. The van der Waals surface area contributed by atoms with Gasteiger partial charge in [0, 0.05) is 12.6 Å². The summed E-state index contributed by atoms with van der Waals surface area (Å²) in [5.41, 5.74) is 0.718. The molecule has 168 valence electrons. The number of nitrogens with one attached hydrogen (secondary N) is 1. The molecule has 0 saturated heterocycles. The van der Waals surface area contributed by atoms with Crippen molar-refractivity contribution in [3.05, 3.63) is 76.5 Å². The summed E-state index contributed by atoms with van der Waals surface area (Å²) in [5.74, 6) is -0.428. The number of ether oxygens (including phenoxy) is 1. The van der Waals surface area contributed by atoms with Crippen LogP contribution < -0.4 is 10.1 Å². The molecule has 1 atom stereocenters. The molecule has 0 heterocycles. The van der Waals surface area contributed by atoms with Gasteiger partial charge in [0.15, 0.2) is 6.61 Å². The molecular weight excluding hydrogens is 475 g/mol. The van der Waals surface area contributed by atoms with Gasteiger partial charge in [0.05, 0.1) is 4.47 Å². The maximum absolute atomic E-state index is 13.3. The maximum Gasteiger partial charge on any atom is 0.261 e. The lowest BCUT2D eigenvalue weighted by atomic mass is 10.1. The Hall–Kier alpha value is -2.93. The quantitative estimate of drug-likeness (QED) is 0.470. The van der Waals surface area contributed by atoms with Gasteiger partial charge in [-0.1, -0.05) is 42.5 Å². The van der Waals surface area contributed by atoms with Crippen LogP contribution in [-0.2, 0) is 16.1 Å². The second-order valence-electron chi connectivity index (χ2n) is 7.87. The number of amides is 2. The number of carbonyl (C=O) groups is 2. The van der Waals surface area contributed by atoms with E-state index in [0.717, 1.165) is 20.8 Å². The van der Waals surface area contributed by atoms with Crippen LogP contribution in [0.2, 0.25) is 0 Å². The molecule has 0 aromatic heterocycles. The van der Waals surface area contributed by atoms with E-state index < -0.39 is 6.04 Å². The highest BCUT2D eigenvalue weighted by Crippen LogP contribution is 2.33. The molecule has 0 aliphatic carbocycles. The Morgan fingerprint density at radius 2 is 1.72 bits per heavy atom. The summed E-state index contributed by atoms with van der Waals surface area (Å²) in [4.78, 5) is 27.2. The van der Waals surface area contributed by atoms with Gasteiger partial charge in [0.25, 0.3) is 5.91 Å². The molecule has 0 fully saturated rings. The van der Waals surface area contributed by atoms with E-state index in [4.69, 9.17) is 4.74 Å². The molecule has 7 heteroatoms. The first-order chi connectivity index (χ1) is 15.3. The van der Waals surface area contributed by atoms with Crippen LogP contribution in [0.1, 0.15) is 26.3 Å². The topological polar surface area (TPSA) is 58.6 Å². The lowest BCUT2D eigenvalue weighted by Gasteiger charge is -2.29. The molecule has 5 nitrogen and oxygen atoms in total. The average Bonchev–Trinajstić information content (AvgIpc) is 2.77. The van der Waals surface area contributed by atoms with Crippen LogP contribution in [0.4, 0.5) is 4.39 Å². The average molecular weight is 501 g/mol. The summed E-state index contributed by atoms with van der Waals surface area (Å²) in [7, 11) is 0. The molecule has 0 spiro atoms. The fourth-order valence-electron chi connectivity index (χ4n) is 3.32. The van der Waals surface area contributed by atoms with Crippen LogP contribution in [0, 0.1) is 5.82 Å². The number of fused-ring (bicyclic) bond motifs is 1. The molecule has 32 heavy (non-hydrogen) atoms. The summed E-state index contributed by atoms with van der Waals surface area (Å²) in [6.07, 6.45) is 0. The summed E-state index contributed by atoms with van der Waals surface area (Å²) < 4.78 is 19.9. The standard InChI is InChI=1S/C25H26BrFN2O3/c1-16(2)28-25(31)17(3)29(14-18-8-11-20(27)12-9-18)23(30)15-32-22-13-10-19-6-4-5-7-21(19)24(22)26/h4-13,16-17H,14-15H2,1-3H3,(H,28,31)/t17-/m1/s1. The number of halogens is 2.